The Hall–Kier alpha value is -0.650. The molecule has 1 unspecified atom stereocenters. The molecule has 1 saturated heterocycles. The van der Waals surface area contributed by atoms with Crippen LogP contribution in [0.15, 0.2) is 18.2 Å². The lowest BCUT2D eigenvalue weighted by atomic mass is 10.1. The maximum Gasteiger partial charge on any atom is 0.255 e. The van der Waals surface area contributed by atoms with E-state index >= 15 is 0 Å². The first-order valence-corrected chi connectivity index (χ1v) is 7.43. The molecule has 1 amide bonds. The third-order valence-electron chi connectivity index (χ3n) is 3.48. The fourth-order valence-corrected chi connectivity index (χ4v) is 3.10. The van der Waals surface area contributed by atoms with Crippen LogP contribution in [-0.2, 0) is 0 Å². The topological polar surface area (TPSA) is 20.3 Å². The van der Waals surface area contributed by atoms with E-state index in [9.17, 15) is 9.18 Å². The van der Waals surface area contributed by atoms with Crippen molar-refractivity contribution in [3.05, 3.63) is 33.1 Å². The number of halogens is 2. The summed E-state index contributed by atoms with van der Waals surface area (Å²) in [6, 6.07) is 4.64. The number of benzene rings is 1. The molecule has 0 bridgehead atoms. The summed E-state index contributed by atoms with van der Waals surface area (Å²) >= 11 is 2.03. The number of rotatable bonds is 1. The molecule has 2 nitrogen and oxygen atoms in total. The molecule has 1 fully saturated rings. The van der Waals surface area contributed by atoms with Gasteiger partial charge in [-0.3, -0.25) is 4.79 Å². The average Bonchev–Trinajstić information content (AvgIpc) is 2.53. The minimum Gasteiger partial charge on any atom is -0.336 e. The summed E-state index contributed by atoms with van der Waals surface area (Å²) in [5.41, 5.74) is 0.616. The Bertz CT molecular complexity index is 449. The Kier molecular flexibility index (Phi) is 4.59. The maximum absolute atomic E-state index is 13.1. The smallest absolute Gasteiger partial charge is 0.255 e. The van der Waals surface area contributed by atoms with Gasteiger partial charge in [0.2, 0.25) is 0 Å². The minimum absolute atomic E-state index is 0.0359. The number of carbonyl (C=O) groups is 1. The summed E-state index contributed by atoms with van der Waals surface area (Å²) in [5.74, 6) is -0.256. The zero-order valence-electron chi connectivity index (χ0n) is 10.5. The van der Waals surface area contributed by atoms with Crippen molar-refractivity contribution in [2.75, 3.05) is 6.54 Å². The number of amides is 1. The summed E-state index contributed by atoms with van der Waals surface area (Å²) in [5, 5.41) is 0. The largest absolute Gasteiger partial charge is 0.336 e. The highest BCUT2D eigenvalue weighted by Gasteiger charge is 2.24. The van der Waals surface area contributed by atoms with Crippen LogP contribution < -0.4 is 0 Å². The first-order valence-electron chi connectivity index (χ1n) is 6.35. The van der Waals surface area contributed by atoms with E-state index in [1.165, 1.54) is 25.0 Å². The Morgan fingerprint density at radius 3 is 2.89 bits per heavy atom. The molecule has 98 valence electrons. The third-order valence-corrected chi connectivity index (χ3v) is 4.37. The van der Waals surface area contributed by atoms with Crippen LogP contribution >= 0.6 is 22.6 Å². The van der Waals surface area contributed by atoms with Crippen LogP contribution in [0, 0.1) is 9.39 Å². The molecule has 4 heteroatoms. The van der Waals surface area contributed by atoms with Crippen molar-refractivity contribution in [3.63, 3.8) is 0 Å². The van der Waals surface area contributed by atoms with Crippen LogP contribution in [-0.4, -0.2) is 23.4 Å². The number of likely N-dealkylation sites (tertiary alicyclic amines) is 1. The fourth-order valence-electron chi connectivity index (χ4n) is 2.39. The van der Waals surface area contributed by atoms with Gasteiger partial charge in [0.05, 0.1) is 5.56 Å². The van der Waals surface area contributed by atoms with Crippen molar-refractivity contribution in [2.45, 2.75) is 38.6 Å². The lowest BCUT2D eigenvalue weighted by Crippen LogP contribution is -2.38. The molecule has 0 radical (unpaired) electrons. The Morgan fingerprint density at radius 2 is 2.17 bits per heavy atom. The maximum atomic E-state index is 13.1. The minimum atomic E-state index is -0.292. The number of carbonyl (C=O) groups excluding carboxylic acids is 1. The van der Waals surface area contributed by atoms with Crippen LogP contribution in [0.25, 0.3) is 0 Å². The van der Waals surface area contributed by atoms with Crippen molar-refractivity contribution >= 4 is 28.5 Å². The van der Waals surface area contributed by atoms with Crippen molar-refractivity contribution in [3.8, 4) is 0 Å². The first-order chi connectivity index (χ1) is 8.59. The molecule has 1 heterocycles. The van der Waals surface area contributed by atoms with Crippen molar-refractivity contribution in [1.82, 2.24) is 4.90 Å². The van der Waals surface area contributed by atoms with Gasteiger partial charge in [0.15, 0.2) is 0 Å². The Balaban J connectivity index is 2.23. The van der Waals surface area contributed by atoms with Gasteiger partial charge >= 0.3 is 0 Å². The van der Waals surface area contributed by atoms with Crippen LogP contribution in [0.4, 0.5) is 4.39 Å². The molecule has 18 heavy (non-hydrogen) atoms. The van der Waals surface area contributed by atoms with E-state index < -0.39 is 0 Å². The van der Waals surface area contributed by atoms with Crippen molar-refractivity contribution in [2.24, 2.45) is 0 Å². The molecule has 1 aromatic carbocycles. The lowest BCUT2D eigenvalue weighted by Gasteiger charge is -2.27. The summed E-state index contributed by atoms with van der Waals surface area (Å²) in [4.78, 5) is 14.4. The molecule has 0 spiro atoms. The molecule has 0 saturated carbocycles. The molecule has 0 N–H and O–H groups in total. The van der Waals surface area contributed by atoms with Gasteiger partial charge in [-0.2, -0.15) is 0 Å². The molecule has 0 aliphatic carbocycles. The standard InChI is InChI=1S/C14H17FINO/c1-10-5-3-2-4-8-17(10)14(18)12-7-6-11(15)9-13(12)16/h6-7,9-10H,2-5,8H2,1H3. The van der Waals surface area contributed by atoms with Gasteiger partial charge in [-0.1, -0.05) is 12.8 Å². The second-order valence-electron chi connectivity index (χ2n) is 4.82. The number of nitrogens with zero attached hydrogens (tertiary/aromatic N) is 1. The van der Waals surface area contributed by atoms with E-state index in [-0.39, 0.29) is 17.8 Å². The van der Waals surface area contributed by atoms with Crippen LogP contribution in [0.3, 0.4) is 0 Å². The number of hydrogen-bond acceptors (Lipinski definition) is 1. The highest BCUT2D eigenvalue weighted by Crippen LogP contribution is 2.21. The number of hydrogen-bond donors (Lipinski definition) is 0. The predicted octanol–water partition coefficient (Wildman–Crippen LogP) is 3.84. The molecule has 0 aromatic heterocycles. The summed E-state index contributed by atoms with van der Waals surface area (Å²) < 4.78 is 13.8. The molecule has 1 aliphatic rings. The van der Waals surface area contributed by atoms with Gasteiger partial charge in [0.25, 0.3) is 5.91 Å². The normalized spacial score (nSPS) is 20.6. The quantitative estimate of drug-likeness (QED) is 0.697. The van der Waals surface area contributed by atoms with E-state index in [0.717, 1.165) is 19.4 Å². The fraction of sp³-hybridized carbons (Fsp3) is 0.500. The Labute approximate surface area is 121 Å². The monoisotopic (exact) mass is 361 g/mol. The SMILES string of the molecule is CC1CCCCCN1C(=O)c1ccc(F)cc1I. The first kappa shape index (κ1) is 13.8. The zero-order valence-corrected chi connectivity index (χ0v) is 12.6. The van der Waals surface area contributed by atoms with E-state index in [1.54, 1.807) is 6.07 Å². The van der Waals surface area contributed by atoms with Crippen molar-refractivity contribution in [1.29, 1.82) is 0 Å². The molecular formula is C14H17FINO. The van der Waals surface area contributed by atoms with E-state index in [4.69, 9.17) is 0 Å². The molecular weight excluding hydrogens is 344 g/mol. The summed E-state index contributed by atoms with van der Waals surface area (Å²) in [6.07, 6.45) is 4.50. The Morgan fingerprint density at radius 1 is 1.39 bits per heavy atom. The molecule has 1 aromatic rings. The van der Waals surface area contributed by atoms with Gasteiger partial charge in [-0.15, -0.1) is 0 Å². The van der Waals surface area contributed by atoms with Crippen molar-refractivity contribution < 1.29 is 9.18 Å². The predicted molar refractivity (Wildman–Crippen MR) is 78.1 cm³/mol. The molecule has 1 atom stereocenters. The van der Waals surface area contributed by atoms with Crippen LogP contribution in [0.5, 0.6) is 0 Å². The van der Waals surface area contributed by atoms with Crippen LogP contribution in [0.1, 0.15) is 43.0 Å². The zero-order chi connectivity index (χ0) is 13.1. The molecule has 2 rings (SSSR count). The average molecular weight is 361 g/mol. The van der Waals surface area contributed by atoms with Crippen LogP contribution in [0.2, 0.25) is 0 Å². The summed E-state index contributed by atoms with van der Waals surface area (Å²) in [6.45, 7) is 2.91. The van der Waals surface area contributed by atoms with Gasteiger partial charge in [-0.25, -0.2) is 4.39 Å². The highest BCUT2D eigenvalue weighted by atomic mass is 127. The van der Waals surface area contributed by atoms with E-state index in [1.807, 2.05) is 27.5 Å². The van der Waals surface area contributed by atoms with Gasteiger partial charge < -0.3 is 4.90 Å². The second kappa shape index (κ2) is 5.99. The van der Waals surface area contributed by atoms with E-state index in [2.05, 4.69) is 6.92 Å². The third kappa shape index (κ3) is 3.02. The summed E-state index contributed by atoms with van der Waals surface area (Å²) in [7, 11) is 0. The lowest BCUT2D eigenvalue weighted by molar-refractivity contribution is 0.0697. The van der Waals surface area contributed by atoms with Gasteiger partial charge in [-0.05, 0) is 60.6 Å². The highest BCUT2D eigenvalue weighted by molar-refractivity contribution is 14.1. The van der Waals surface area contributed by atoms with E-state index in [0.29, 0.717) is 9.13 Å². The second-order valence-corrected chi connectivity index (χ2v) is 5.98. The molecule has 1 aliphatic heterocycles. The van der Waals surface area contributed by atoms with Gasteiger partial charge in [0, 0.05) is 16.2 Å². The van der Waals surface area contributed by atoms with Gasteiger partial charge in [0.1, 0.15) is 5.82 Å².